The summed E-state index contributed by atoms with van der Waals surface area (Å²) in [4.78, 5) is 49.9. The Balaban J connectivity index is 3.02. The number of carbonyl (C=O) groups is 4. The smallest absolute Gasteiger partial charge is 0.328 e. The van der Waals surface area contributed by atoms with Crippen LogP contribution in [0.5, 0.6) is 0 Å². The molecule has 0 aliphatic carbocycles. The first-order chi connectivity index (χ1) is 17.2. The first-order valence-electron chi connectivity index (χ1n) is 12.2. The minimum absolute atomic E-state index is 0.0677. The largest absolute Gasteiger partial charge is 0.480 e. The lowest BCUT2D eigenvalue weighted by atomic mass is 10.0. The zero-order valence-electron chi connectivity index (χ0n) is 20.5. The van der Waals surface area contributed by atoms with E-state index in [1.165, 1.54) is 0 Å². The molecule has 4 unspecified atom stereocenters. The number of carboxylic acids is 1. The highest BCUT2D eigenvalue weighted by Gasteiger charge is 2.30. The fraction of sp³-hybridized carbons (Fsp3) is 0.583. The van der Waals surface area contributed by atoms with Crippen molar-refractivity contribution in [3.05, 3.63) is 35.9 Å². The normalized spacial score (nSPS) is 14.2. The molecule has 202 valence electrons. The van der Waals surface area contributed by atoms with Crippen molar-refractivity contribution in [2.24, 2.45) is 17.2 Å². The minimum Gasteiger partial charge on any atom is -0.480 e. The Bertz CT molecular complexity index is 825. The van der Waals surface area contributed by atoms with Gasteiger partial charge in [-0.3, -0.25) is 14.4 Å². The van der Waals surface area contributed by atoms with E-state index in [0.717, 1.165) is 12.0 Å². The summed E-state index contributed by atoms with van der Waals surface area (Å²) in [6, 6.07) is 4.38. The van der Waals surface area contributed by atoms with Gasteiger partial charge in [0.2, 0.25) is 17.7 Å². The third-order valence-electron chi connectivity index (χ3n) is 5.60. The maximum Gasteiger partial charge on any atom is 0.328 e. The maximum atomic E-state index is 13.2. The SMILES string of the molecule is NCCCCC(N)C(=O)NC(CCCCN)C(=O)NC(Cc1ccccc1)C(=O)NC(CO)C(=O)O. The van der Waals surface area contributed by atoms with E-state index in [-0.39, 0.29) is 12.8 Å². The summed E-state index contributed by atoms with van der Waals surface area (Å²) in [5, 5.41) is 26.0. The molecule has 0 radical (unpaired) electrons. The van der Waals surface area contributed by atoms with Gasteiger partial charge in [-0.25, -0.2) is 4.79 Å². The quantitative estimate of drug-likeness (QED) is 0.106. The highest BCUT2D eigenvalue weighted by atomic mass is 16.4. The molecule has 0 fully saturated rings. The van der Waals surface area contributed by atoms with Gasteiger partial charge in [0.25, 0.3) is 0 Å². The molecule has 1 rings (SSSR count). The standard InChI is InChI=1S/C24H40N6O6/c25-12-6-4-10-17(27)21(32)28-18(11-5-7-13-26)22(33)29-19(14-16-8-2-1-3-9-16)23(34)30-20(15-31)24(35)36/h1-3,8-9,17-20,31H,4-7,10-15,25-27H2,(H,28,32)(H,29,33)(H,30,34)(H,35,36). The molecule has 1 aromatic carbocycles. The summed E-state index contributed by atoms with van der Waals surface area (Å²) in [5.41, 5.74) is 17.7. The molecule has 0 aromatic heterocycles. The highest BCUT2D eigenvalue weighted by Crippen LogP contribution is 2.08. The van der Waals surface area contributed by atoms with Gasteiger partial charge in [-0.05, 0) is 50.8 Å². The lowest BCUT2D eigenvalue weighted by Crippen LogP contribution is -2.58. The average molecular weight is 509 g/mol. The van der Waals surface area contributed by atoms with Crippen molar-refractivity contribution >= 4 is 23.7 Å². The fourth-order valence-corrected chi connectivity index (χ4v) is 3.47. The van der Waals surface area contributed by atoms with Gasteiger partial charge in [0.15, 0.2) is 0 Å². The predicted molar refractivity (Wildman–Crippen MR) is 134 cm³/mol. The monoisotopic (exact) mass is 508 g/mol. The van der Waals surface area contributed by atoms with E-state index in [1.807, 2.05) is 0 Å². The van der Waals surface area contributed by atoms with Gasteiger partial charge in [0.05, 0.1) is 12.6 Å². The van der Waals surface area contributed by atoms with Crippen LogP contribution in [-0.4, -0.2) is 77.8 Å². The second-order valence-corrected chi connectivity index (χ2v) is 8.57. The van der Waals surface area contributed by atoms with Gasteiger partial charge >= 0.3 is 5.97 Å². The molecule has 0 spiro atoms. The molecule has 4 atom stereocenters. The average Bonchev–Trinajstić information content (AvgIpc) is 2.86. The number of aliphatic hydroxyl groups excluding tert-OH is 1. The van der Waals surface area contributed by atoms with Crippen molar-refractivity contribution in [1.82, 2.24) is 16.0 Å². The van der Waals surface area contributed by atoms with Crippen LogP contribution in [0.1, 0.15) is 44.1 Å². The summed E-state index contributed by atoms with van der Waals surface area (Å²) in [7, 11) is 0. The molecule has 0 saturated carbocycles. The number of carbonyl (C=O) groups excluding carboxylic acids is 3. The Morgan fingerprint density at radius 3 is 1.83 bits per heavy atom. The Labute approximate surface area is 211 Å². The number of carboxylic acid groups (broad SMARTS) is 1. The molecule has 0 aliphatic heterocycles. The number of aliphatic hydroxyl groups is 1. The zero-order chi connectivity index (χ0) is 26.9. The van der Waals surface area contributed by atoms with E-state index in [1.54, 1.807) is 30.3 Å². The Hall–Kier alpha value is -3.06. The molecule has 0 heterocycles. The summed E-state index contributed by atoms with van der Waals surface area (Å²) in [6.07, 6.45) is 3.34. The van der Waals surface area contributed by atoms with Crippen LogP contribution in [0, 0.1) is 0 Å². The molecule has 0 bridgehead atoms. The van der Waals surface area contributed by atoms with E-state index in [9.17, 15) is 29.4 Å². The van der Waals surface area contributed by atoms with Crippen LogP contribution in [0.2, 0.25) is 0 Å². The molecule has 3 amide bonds. The fourth-order valence-electron chi connectivity index (χ4n) is 3.47. The first-order valence-corrected chi connectivity index (χ1v) is 12.2. The molecule has 0 saturated heterocycles. The van der Waals surface area contributed by atoms with Crippen LogP contribution >= 0.6 is 0 Å². The lowest BCUT2D eigenvalue weighted by Gasteiger charge is -2.25. The number of unbranched alkanes of at least 4 members (excludes halogenated alkanes) is 2. The first kappa shape index (κ1) is 31.0. The summed E-state index contributed by atoms with van der Waals surface area (Å²) in [6.45, 7) is 0.0902. The number of nitrogens with one attached hydrogen (secondary N) is 3. The number of aliphatic carboxylic acids is 1. The third-order valence-corrected chi connectivity index (χ3v) is 5.60. The maximum absolute atomic E-state index is 13.2. The van der Waals surface area contributed by atoms with Crippen molar-refractivity contribution < 1.29 is 29.4 Å². The molecule has 36 heavy (non-hydrogen) atoms. The van der Waals surface area contributed by atoms with Gasteiger partial charge in [0, 0.05) is 6.42 Å². The zero-order valence-corrected chi connectivity index (χ0v) is 20.5. The third kappa shape index (κ3) is 11.6. The molecular weight excluding hydrogens is 468 g/mol. The second-order valence-electron chi connectivity index (χ2n) is 8.57. The summed E-state index contributed by atoms with van der Waals surface area (Å²) < 4.78 is 0. The van der Waals surface area contributed by atoms with E-state index in [4.69, 9.17) is 17.2 Å². The van der Waals surface area contributed by atoms with Gasteiger partial charge in [-0.2, -0.15) is 0 Å². The van der Waals surface area contributed by atoms with Gasteiger partial charge in [-0.1, -0.05) is 36.8 Å². The van der Waals surface area contributed by atoms with Crippen LogP contribution in [-0.2, 0) is 25.6 Å². The molecule has 11 N–H and O–H groups in total. The van der Waals surface area contributed by atoms with Crippen LogP contribution in [0.15, 0.2) is 30.3 Å². The van der Waals surface area contributed by atoms with E-state index < -0.39 is 54.5 Å². The van der Waals surface area contributed by atoms with Crippen molar-refractivity contribution in [3.63, 3.8) is 0 Å². The van der Waals surface area contributed by atoms with Crippen LogP contribution < -0.4 is 33.2 Å². The number of amides is 3. The van der Waals surface area contributed by atoms with Gasteiger partial charge in [0.1, 0.15) is 18.1 Å². The topological polar surface area (TPSA) is 223 Å². The second kappa shape index (κ2) is 17.4. The Morgan fingerprint density at radius 1 is 0.750 bits per heavy atom. The van der Waals surface area contributed by atoms with Crippen LogP contribution in [0.4, 0.5) is 0 Å². The molecule has 12 nitrogen and oxygen atoms in total. The number of benzene rings is 1. The summed E-state index contributed by atoms with van der Waals surface area (Å²) >= 11 is 0. The molecule has 1 aromatic rings. The predicted octanol–water partition coefficient (Wildman–Crippen LogP) is -1.65. The van der Waals surface area contributed by atoms with Crippen molar-refractivity contribution in [2.45, 2.75) is 69.1 Å². The Kier molecular flexibility index (Phi) is 15.0. The number of hydrogen-bond donors (Lipinski definition) is 8. The van der Waals surface area contributed by atoms with Crippen LogP contribution in [0.25, 0.3) is 0 Å². The highest BCUT2D eigenvalue weighted by molar-refractivity contribution is 5.94. The Morgan fingerprint density at radius 2 is 1.28 bits per heavy atom. The number of nitrogens with two attached hydrogens (primary N) is 3. The lowest BCUT2D eigenvalue weighted by molar-refractivity contribution is -0.143. The van der Waals surface area contributed by atoms with E-state index in [0.29, 0.717) is 38.8 Å². The van der Waals surface area contributed by atoms with E-state index in [2.05, 4.69) is 16.0 Å². The minimum atomic E-state index is -1.53. The summed E-state index contributed by atoms with van der Waals surface area (Å²) in [5.74, 6) is -3.29. The molecule has 0 aliphatic rings. The molecule has 12 heteroatoms. The van der Waals surface area contributed by atoms with Crippen molar-refractivity contribution in [1.29, 1.82) is 0 Å². The van der Waals surface area contributed by atoms with Crippen LogP contribution in [0.3, 0.4) is 0 Å². The number of hydrogen-bond acceptors (Lipinski definition) is 8. The molecular formula is C24H40N6O6. The van der Waals surface area contributed by atoms with Crippen molar-refractivity contribution in [3.8, 4) is 0 Å². The number of rotatable bonds is 18. The van der Waals surface area contributed by atoms with Crippen molar-refractivity contribution in [2.75, 3.05) is 19.7 Å². The van der Waals surface area contributed by atoms with E-state index >= 15 is 0 Å². The van der Waals surface area contributed by atoms with Gasteiger partial charge < -0.3 is 43.4 Å². The van der Waals surface area contributed by atoms with Gasteiger partial charge in [-0.15, -0.1) is 0 Å².